The number of aldehydes is 2. The minimum absolute atomic E-state index is 0.00668. The van der Waals surface area contributed by atoms with Crippen LogP contribution in [-0.4, -0.2) is 30.3 Å². The molecular weight excluding hydrogens is 308 g/mol. The average Bonchev–Trinajstić information content (AvgIpc) is 2.59. The molecule has 0 aromatic heterocycles. The van der Waals surface area contributed by atoms with Crippen molar-refractivity contribution < 1.29 is 24.2 Å². The number of benzene rings is 1. The summed E-state index contributed by atoms with van der Waals surface area (Å²) in [4.78, 5) is 33.3. The molecule has 5 nitrogen and oxygen atoms in total. The van der Waals surface area contributed by atoms with E-state index >= 15 is 0 Å². The Morgan fingerprint density at radius 1 is 1.21 bits per heavy atom. The summed E-state index contributed by atoms with van der Waals surface area (Å²) in [6.45, 7) is 5.90. The van der Waals surface area contributed by atoms with E-state index < -0.39 is 11.9 Å². The number of hydrogen-bond acceptors (Lipinski definition) is 5. The highest BCUT2D eigenvalue weighted by atomic mass is 16.5. The van der Waals surface area contributed by atoms with E-state index in [9.17, 15) is 19.5 Å². The molecule has 0 spiro atoms. The number of aromatic hydroxyl groups is 1. The molecule has 0 fully saturated rings. The summed E-state index contributed by atoms with van der Waals surface area (Å²) in [7, 11) is 0. The first-order valence-electron chi connectivity index (χ1n) is 8.09. The van der Waals surface area contributed by atoms with Gasteiger partial charge in [0.1, 0.15) is 18.3 Å². The minimum atomic E-state index is -0.438. The highest BCUT2D eigenvalue weighted by molar-refractivity contribution is 5.78. The van der Waals surface area contributed by atoms with Crippen molar-refractivity contribution in [3.8, 4) is 5.75 Å². The van der Waals surface area contributed by atoms with Crippen LogP contribution in [0.25, 0.3) is 0 Å². The van der Waals surface area contributed by atoms with Crippen LogP contribution in [0, 0.1) is 5.92 Å². The summed E-state index contributed by atoms with van der Waals surface area (Å²) in [6, 6.07) is 6.64. The molecule has 1 N–H and O–H groups in total. The van der Waals surface area contributed by atoms with Gasteiger partial charge in [0.2, 0.25) is 0 Å². The molecule has 0 amide bonds. The van der Waals surface area contributed by atoms with Gasteiger partial charge in [0.15, 0.2) is 0 Å². The van der Waals surface area contributed by atoms with E-state index in [1.54, 1.807) is 37.3 Å². The molecule has 5 heteroatoms. The van der Waals surface area contributed by atoms with Crippen molar-refractivity contribution in [1.82, 2.24) is 0 Å². The van der Waals surface area contributed by atoms with E-state index in [0.29, 0.717) is 24.6 Å². The van der Waals surface area contributed by atoms with Gasteiger partial charge in [-0.25, -0.2) is 0 Å². The molecule has 1 atom stereocenters. The molecule has 0 aliphatic heterocycles. The van der Waals surface area contributed by atoms with Gasteiger partial charge in [-0.2, -0.15) is 0 Å². The van der Waals surface area contributed by atoms with Crippen LogP contribution in [0.5, 0.6) is 5.75 Å². The lowest BCUT2D eigenvalue weighted by Gasteiger charge is -2.13. The first-order valence-corrected chi connectivity index (χ1v) is 8.09. The van der Waals surface area contributed by atoms with Crippen LogP contribution in [0.4, 0.5) is 0 Å². The Kier molecular flexibility index (Phi) is 11.7. The molecule has 1 aromatic rings. The predicted molar refractivity (Wildman–Crippen MR) is 92.7 cm³/mol. The SMILES string of the molecule is C/C=C(/C=O)C(CC=O)CC(=O)OCCc1ccc(O)cc1.CC. The third-order valence-corrected chi connectivity index (χ3v) is 3.32. The summed E-state index contributed by atoms with van der Waals surface area (Å²) >= 11 is 0. The van der Waals surface area contributed by atoms with Crippen LogP contribution >= 0.6 is 0 Å². The van der Waals surface area contributed by atoms with Gasteiger partial charge >= 0.3 is 5.97 Å². The number of phenols is 1. The Hall–Kier alpha value is -2.43. The van der Waals surface area contributed by atoms with E-state index in [4.69, 9.17) is 4.74 Å². The molecule has 1 aromatic carbocycles. The Morgan fingerprint density at radius 2 is 1.83 bits per heavy atom. The number of carbonyl (C=O) groups is 3. The normalized spacial score (nSPS) is 11.7. The molecule has 0 radical (unpaired) electrons. The Labute approximate surface area is 143 Å². The van der Waals surface area contributed by atoms with Crippen LogP contribution in [0.3, 0.4) is 0 Å². The van der Waals surface area contributed by atoms with Crippen molar-refractivity contribution >= 4 is 18.5 Å². The Balaban J connectivity index is 0.00000254. The van der Waals surface area contributed by atoms with E-state index in [0.717, 1.165) is 5.56 Å². The predicted octanol–water partition coefficient (Wildman–Crippen LogP) is 3.24. The fraction of sp³-hybridized carbons (Fsp3) is 0.421. The monoisotopic (exact) mass is 334 g/mol. The van der Waals surface area contributed by atoms with Crippen molar-refractivity contribution in [1.29, 1.82) is 0 Å². The highest BCUT2D eigenvalue weighted by Gasteiger charge is 2.18. The van der Waals surface area contributed by atoms with Gasteiger partial charge in [0.05, 0.1) is 13.0 Å². The third kappa shape index (κ3) is 8.27. The first kappa shape index (κ1) is 21.6. The second kappa shape index (κ2) is 13.0. The number of carbonyl (C=O) groups excluding carboxylic acids is 3. The zero-order valence-electron chi connectivity index (χ0n) is 14.5. The summed E-state index contributed by atoms with van der Waals surface area (Å²) in [5, 5.41) is 9.17. The summed E-state index contributed by atoms with van der Waals surface area (Å²) in [5.41, 5.74) is 1.37. The van der Waals surface area contributed by atoms with Crippen molar-refractivity contribution in [2.24, 2.45) is 5.92 Å². The fourth-order valence-corrected chi connectivity index (χ4v) is 2.06. The Morgan fingerprint density at radius 3 is 2.33 bits per heavy atom. The largest absolute Gasteiger partial charge is 0.508 e. The second-order valence-electron chi connectivity index (χ2n) is 4.85. The van der Waals surface area contributed by atoms with Gasteiger partial charge in [-0.3, -0.25) is 9.59 Å². The molecule has 1 unspecified atom stereocenters. The standard InChI is InChI=1S/C17H20O5.C2H6/c1-2-14(12-19)15(7-9-18)11-17(21)22-10-8-13-3-5-16(20)6-4-13;1-2/h2-6,9,12,15,20H,7-8,10-11H2,1H3;1-2H3/b14-2-;. The maximum Gasteiger partial charge on any atom is 0.306 e. The molecule has 0 aliphatic carbocycles. The number of hydrogen-bond donors (Lipinski definition) is 1. The van der Waals surface area contributed by atoms with Crippen LogP contribution < -0.4 is 0 Å². The molecule has 0 aliphatic rings. The van der Waals surface area contributed by atoms with E-state index in [2.05, 4.69) is 0 Å². The molecule has 132 valence electrons. The molecule has 1 rings (SSSR count). The van der Waals surface area contributed by atoms with Gasteiger partial charge in [-0.05, 0) is 30.2 Å². The van der Waals surface area contributed by atoms with Crippen LogP contribution in [0.2, 0.25) is 0 Å². The topological polar surface area (TPSA) is 80.7 Å². The molecule has 0 bridgehead atoms. The zero-order chi connectivity index (χ0) is 18.4. The van der Waals surface area contributed by atoms with Crippen LogP contribution in [-0.2, 0) is 25.5 Å². The summed E-state index contributed by atoms with van der Waals surface area (Å²) in [6.07, 6.45) is 3.62. The second-order valence-corrected chi connectivity index (χ2v) is 4.85. The van der Waals surface area contributed by atoms with Crippen LogP contribution in [0.1, 0.15) is 39.2 Å². The van der Waals surface area contributed by atoms with Gasteiger partial charge < -0.3 is 14.6 Å². The van der Waals surface area contributed by atoms with Crippen molar-refractivity contribution in [2.45, 2.75) is 40.0 Å². The van der Waals surface area contributed by atoms with Crippen LogP contribution in [0.15, 0.2) is 35.9 Å². The molecule has 0 saturated heterocycles. The lowest BCUT2D eigenvalue weighted by atomic mass is 9.93. The number of allylic oxidation sites excluding steroid dienone is 2. The molecule has 24 heavy (non-hydrogen) atoms. The average molecular weight is 334 g/mol. The fourth-order valence-electron chi connectivity index (χ4n) is 2.06. The first-order chi connectivity index (χ1) is 11.6. The summed E-state index contributed by atoms with van der Waals surface area (Å²) in [5.74, 6) is -0.682. The number of esters is 1. The molecular formula is C19H26O5. The van der Waals surface area contributed by atoms with Crippen molar-refractivity contribution in [3.63, 3.8) is 0 Å². The molecule has 0 heterocycles. The van der Waals surface area contributed by atoms with E-state index in [1.807, 2.05) is 13.8 Å². The van der Waals surface area contributed by atoms with Crippen molar-refractivity contribution in [2.75, 3.05) is 6.61 Å². The maximum absolute atomic E-state index is 11.8. The number of ether oxygens (including phenoxy) is 1. The molecule has 0 saturated carbocycles. The van der Waals surface area contributed by atoms with Gasteiger partial charge in [-0.1, -0.05) is 32.1 Å². The third-order valence-electron chi connectivity index (χ3n) is 3.32. The minimum Gasteiger partial charge on any atom is -0.508 e. The van der Waals surface area contributed by atoms with Crippen molar-refractivity contribution in [3.05, 3.63) is 41.5 Å². The Bertz CT molecular complexity index is 531. The summed E-state index contributed by atoms with van der Waals surface area (Å²) < 4.78 is 5.13. The maximum atomic E-state index is 11.8. The quantitative estimate of drug-likeness (QED) is 0.426. The number of phenolic OH excluding ortho intramolecular Hbond substituents is 1. The van der Waals surface area contributed by atoms with E-state index in [1.165, 1.54) is 0 Å². The van der Waals surface area contributed by atoms with Gasteiger partial charge in [-0.15, -0.1) is 0 Å². The lowest BCUT2D eigenvalue weighted by molar-refractivity contribution is -0.144. The lowest BCUT2D eigenvalue weighted by Crippen LogP contribution is -2.16. The number of rotatable bonds is 9. The smallest absolute Gasteiger partial charge is 0.306 e. The van der Waals surface area contributed by atoms with Gasteiger partial charge in [0, 0.05) is 18.8 Å². The highest BCUT2D eigenvalue weighted by Crippen LogP contribution is 2.18. The van der Waals surface area contributed by atoms with Gasteiger partial charge in [0.25, 0.3) is 0 Å². The van der Waals surface area contributed by atoms with E-state index in [-0.39, 0.29) is 25.2 Å². The zero-order valence-corrected chi connectivity index (χ0v) is 14.5.